The third kappa shape index (κ3) is 4.35. The van der Waals surface area contributed by atoms with Crippen molar-refractivity contribution in [2.75, 3.05) is 17.7 Å². The van der Waals surface area contributed by atoms with E-state index in [0.29, 0.717) is 16.9 Å². The minimum atomic E-state index is -0.116. The number of benzene rings is 2. The van der Waals surface area contributed by atoms with Crippen molar-refractivity contribution in [3.8, 4) is 17.0 Å². The number of ether oxygens (including phenoxy) is 1. The van der Waals surface area contributed by atoms with Crippen molar-refractivity contribution in [3.05, 3.63) is 53.9 Å². The number of nitrogens with one attached hydrogen (secondary N) is 2. The average molecular weight is 411 g/mol. The van der Waals surface area contributed by atoms with Gasteiger partial charge in [-0.1, -0.05) is 42.1 Å². The van der Waals surface area contributed by atoms with Gasteiger partial charge in [-0.3, -0.25) is 4.79 Å². The number of thioether (sulfide) groups is 1. The Labute approximate surface area is 170 Å². The van der Waals surface area contributed by atoms with Crippen molar-refractivity contribution < 1.29 is 9.53 Å². The number of nitrogens with zero attached hydrogens (tertiary/aromatic N) is 2. The highest BCUT2D eigenvalue weighted by atomic mass is 32.2. The van der Waals surface area contributed by atoms with Gasteiger partial charge in [0.25, 0.3) is 0 Å². The van der Waals surface area contributed by atoms with Crippen molar-refractivity contribution in [2.45, 2.75) is 12.1 Å². The van der Waals surface area contributed by atoms with Gasteiger partial charge < -0.3 is 15.0 Å². The van der Waals surface area contributed by atoms with Crippen LogP contribution in [0.1, 0.15) is 6.92 Å². The summed E-state index contributed by atoms with van der Waals surface area (Å²) < 4.78 is 5.50. The summed E-state index contributed by atoms with van der Waals surface area (Å²) in [6, 6.07) is 15.6. The quantitative estimate of drug-likeness (QED) is 0.427. The fraction of sp³-hybridized carbons (Fsp3) is 0.150. The summed E-state index contributed by atoms with van der Waals surface area (Å²) in [4.78, 5) is 24.5. The van der Waals surface area contributed by atoms with Gasteiger partial charge in [0.2, 0.25) is 5.91 Å². The normalized spacial score (nSPS) is 10.9. The third-order valence-corrected chi connectivity index (χ3v) is 5.53. The van der Waals surface area contributed by atoms with Gasteiger partial charge in [-0.05, 0) is 19.1 Å². The van der Waals surface area contributed by atoms with Crippen molar-refractivity contribution in [1.82, 2.24) is 15.0 Å². The van der Waals surface area contributed by atoms with Crippen LogP contribution >= 0.6 is 23.1 Å². The summed E-state index contributed by atoms with van der Waals surface area (Å²) in [5, 5.41) is 6.08. The van der Waals surface area contributed by atoms with Gasteiger partial charge in [0, 0.05) is 17.0 Å². The Hall–Kier alpha value is -2.84. The molecule has 0 aliphatic rings. The molecule has 8 heteroatoms. The van der Waals surface area contributed by atoms with E-state index >= 15 is 0 Å². The molecular weight excluding hydrogens is 392 g/mol. The monoisotopic (exact) mass is 410 g/mol. The Morgan fingerprint density at radius 2 is 2.07 bits per heavy atom. The number of aromatic amines is 1. The van der Waals surface area contributed by atoms with Gasteiger partial charge in [0.05, 0.1) is 29.1 Å². The van der Waals surface area contributed by atoms with Gasteiger partial charge in [0.1, 0.15) is 5.75 Å². The highest BCUT2D eigenvalue weighted by molar-refractivity contribution is 7.99. The first-order chi connectivity index (χ1) is 13.7. The number of imidazole rings is 1. The summed E-state index contributed by atoms with van der Waals surface area (Å²) in [5.41, 5.74) is 3.62. The minimum Gasteiger partial charge on any atom is -0.494 e. The van der Waals surface area contributed by atoms with Crippen LogP contribution in [0, 0.1) is 0 Å². The molecular formula is C20H18N4O2S2. The maximum absolute atomic E-state index is 12.3. The Kier molecular flexibility index (Phi) is 5.59. The molecule has 142 valence electrons. The van der Waals surface area contributed by atoms with E-state index in [1.807, 2.05) is 60.8 Å². The number of carbonyl (C=O) groups excluding carboxylic acids is 1. The van der Waals surface area contributed by atoms with Crippen molar-refractivity contribution in [1.29, 1.82) is 0 Å². The molecule has 0 saturated carbocycles. The topological polar surface area (TPSA) is 79.9 Å². The number of fused-ring (bicyclic) bond motifs is 1. The lowest BCUT2D eigenvalue weighted by Gasteiger charge is -2.01. The van der Waals surface area contributed by atoms with E-state index in [1.54, 1.807) is 0 Å². The van der Waals surface area contributed by atoms with E-state index in [1.165, 1.54) is 23.1 Å². The van der Waals surface area contributed by atoms with Crippen LogP contribution in [0.2, 0.25) is 0 Å². The van der Waals surface area contributed by atoms with Gasteiger partial charge in [-0.2, -0.15) is 0 Å². The zero-order chi connectivity index (χ0) is 19.3. The van der Waals surface area contributed by atoms with Gasteiger partial charge in [-0.15, -0.1) is 11.3 Å². The van der Waals surface area contributed by atoms with Crippen LogP contribution in [0.15, 0.2) is 59.1 Å². The van der Waals surface area contributed by atoms with Crippen LogP contribution in [0.3, 0.4) is 0 Å². The highest BCUT2D eigenvalue weighted by Gasteiger charge is 2.11. The number of thiazole rings is 1. The number of amides is 1. The Balaban J connectivity index is 1.36. The molecule has 1 amide bonds. The fourth-order valence-electron chi connectivity index (χ4n) is 2.65. The standard InChI is InChI=1S/C20H18N4O2S2/c1-2-26-14-8-9-15-16(10-14)22-19(21-15)28-12-18(25)24-20-23-17(11-27-20)13-6-4-3-5-7-13/h3-11H,2,12H2,1H3,(H,21,22)(H,23,24,25). The van der Waals surface area contributed by atoms with Crippen molar-refractivity contribution in [2.24, 2.45) is 0 Å². The minimum absolute atomic E-state index is 0.116. The summed E-state index contributed by atoms with van der Waals surface area (Å²) >= 11 is 2.77. The molecule has 0 aliphatic heterocycles. The zero-order valence-corrected chi connectivity index (χ0v) is 16.8. The maximum Gasteiger partial charge on any atom is 0.236 e. The first-order valence-corrected chi connectivity index (χ1v) is 10.6. The Morgan fingerprint density at radius 3 is 2.89 bits per heavy atom. The molecule has 4 aromatic rings. The molecule has 0 unspecified atom stereocenters. The smallest absolute Gasteiger partial charge is 0.236 e. The number of hydrogen-bond donors (Lipinski definition) is 2. The molecule has 2 aromatic heterocycles. The number of H-pyrrole nitrogens is 1. The average Bonchev–Trinajstić information content (AvgIpc) is 3.34. The molecule has 0 aliphatic carbocycles. The second-order valence-corrected chi connectivity index (χ2v) is 7.72. The number of rotatable bonds is 7. The first kappa shape index (κ1) is 18.5. The fourth-order valence-corrected chi connectivity index (χ4v) is 4.07. The number of aromatic nitrogens is 3. The van der Waals surface area contributed by atoms with E-state index < -0.39 is 0 Å². The molecule has 2 N–H and O–H groups in total. The summed E-state index contributed by atoms with van der Waals surface area (Å²) in [6.07, 6.45) is 0. The molecule has 0 atom stereocenters. The summed E-state index contributed by atoms with van der Waals surface area (Å²) in [5.74, 6) is 0.929. The van der Waals surface area contributed by atoms with E-state index in [9.17, 15) is 4.79 Å². The number of carbonyl (C=O) groups is 1. The van der Waals surface area contributed by atoms with Crippen LogP contribution in [0.5, 0.6) is 5.75 Å². The largest absolute Gasteiger partial charge is 0.494 e. The molecule has 0 radical (unpaired) electrons. The molecule has 0 saturated heterocycles. The molecule has 4 rings (SSSR count). The molecule has 6 nitrogen and oxygen atoms in total. The van der Waals surface area contributed by atoms with E-state index in [-0.39, 0.29) is 11.7 Å². The molecule has 2 heterocycles. The summed E-state index contributed by atoms with van der Waals surface area (Å²) in [6.45, 7) is 2.56. The predicted molar refractivity (Wildman–Crippen MR) is 114 cm³/mol. The lowest BCUT2D eigenvalue weighted by atomic mass is 10.2. The number of hydrogen-bond acceptors (Lipinski definition) is 6. The molecule has 0 bridgehead atoms. The lowest BCUT2D eigenvalue weighted by Crippen LogP contribution is -2.13. The van der Waals surface area contributed by atoms with Crippen LogP contribution in [0.4, 0.5) is 5.13 Å². The molecule has 2 aromatic carbocycles. The second kappa shape index (κ2) is 8.45. The van der Waals surface area contributed by atoms with Gasteiger partial charge in [-0.25, -0.2) is 9.97 Å². The molecule has 0 spiro atoms. The SMILES string of the molecule is CCOc1ccc2nc(SCC(=O)Nc3nc(-c4ccccc4)cs3)[nH]c2c1. The van der Waals surface area contributed by atoms with E-state index in [2.05, 4.69) is 20.3 Å². The Morgan fingerprint density at radius 1 is 1.21 bits per heavy atom. The Bertz CT molecular complexity index is 1090. The van der Waals surface area contributed by atoms with E-state index in [4.69, 9.17) is 4.74 Å². The summed E-state index contributed by atoms with van der Waals surface area (Å²) in [7, 11) is 0. The van der Waals surface area contributed by atoms with Gasteiger partial charge >= 0.3 is 0 Å². The third-order valence-electron chi connectivity index (χ3n) is 3.90. The first-order valence-electron chi connectivity index (χ1n) is 8.77. The van der Waals surface area contributed by atoms with Crippen molar-refractivity contribution in [3.63, 3.8) is 0 Å². The number of anilines is 1. The van der Waals surface area contributed by atoms with Crippen molar-refractivity contribution >= 4 is 45.2 Å². The molecule has 0 fully saturated rings. The maximum atomic E-state index is 12.3. The highest BCUT2D eigenvalue weighted by Crippen LogP contribution is 2.26. The van der Waals surface area contributed by atoms with Crippen LogP contribution < -0.4 is 10.1 Å². The van der Waals surface area contributed by atoms with E-state index in [0.717, 1.165) is 28.0 Å². The second-order valence-electron chi connectivity index (χ2n) is 5.89. The van der Waals surface area contributed by atoms with Crippen LogP contribution in [-0.4, -0.2) is 33.2 Å². The van der Waals surface area contributed by atoms with Crippen LogP contribution in [0.25, 0.3) is 22.3 Å². The van der Waals surface area contributed by atoms with Crippen LogP contribution in [-0.2, 0) is 4.79 Å². The van der Waals surface area contributed by atoms with Gasteiger partial charge in [0.15, 0.2) is 10.3 Å². The molecule has 28 heavy (non-hydrogen) atoms. The lowest BCUT2D eigenvalue weighted by molar-refractivity contribution is -0.113. The zero-order valence-electron chi connectivity index (χ0n) is 15.1. The predicted octanol–water partition coefficient (Wildman–Crippen LogP) is 4.82.